The standard InChI is InChI=1S/C18H18F3NO3/c1-18(2,25-14-9-7-13(19)8-10-14)16(23)22-11-12-5-3-4-6-15(12)24-17(20)21/h3-10,17H,11H2,1-2H3,(H,22,23). The Balaban J connectivity index is 2.00. The van der Waals surface area contributed by atoms with Crippen LogP contribution in [-0.4, -0.2) is 18.1 Å². The Kier molecular flexibility index (Phi) is 5.90. The molecule has 0 bridgehead atoms. The Morgan fingerprint density at radius 3 is 2.40 bits per heavy atom. The summed E-state index contributed by atoms with van der Waals surface area (Å²) in [5, 5.41) is 2.62. The van der Waals surface area contributed by atoms with Gasteiger partial charge in [-0.25, -0.2) is 4.39 Å². The highest BCUT2D eigenvalue weighted by Gasteiger charge is 2.30. The van der Waals surface area contributed by atoms with E-state index < -0.39 is 23.9 Å². The highest BCUT2D eigenvalue weighted by Crippen LogP contribution is 2.22. The number of hydrogen-bond acceptors (Lipinski definition) is 3. The third-order valence-electron chi connectivity index (χ3n) is 3.36. The van der Waals surface area contributed by atoms with E-state index in [1.807, 2.05) is 0 Å². The van der Waals surface area contributed by atoms with E-state index in [1.165, 1.54) is 30.3 Å². The first-order valence-electron chi connectivity index (χ1n) is 7.53. The molecular formula is C18H18F3NO3. The lowest BCUT2D eigenvalue weighted by Crippen LogP contribution is -2.46. The molecule has 0 radical (unpaired) electrons. The molecule has 2 rings (SSSR count). The molecule has 0 spiro atoms. The van der Waals surface area contributed by atoms with Gasteiger partial charge in [-0.05, 0) is 44.2 Å². The molecule has 0 unspecified atom stereocenters. The number of benzene rings is 2. The molecule has 1 amide bonds. The molecule has 0 aliphatic heterocycles. The SMILES string of the molecule is CC(C)(Oc1ccc(F)cc1)C(=O)NCc1ccccc1OC(F)F. The minimum absolute atomic E-state index is 0.00205. The summed E-state index contributed by atoms with van der Waals surface area (Å²) in [5.74, 6) is -0.535. The summed E-state index contributed by atoms with van der Waals surface area (Å²) in [6.45, 7) is 0.147. The van der Waals surface area contributed by atoms with Crippen molar-refractivity contribution in [3.63, 3.8) is 0 Å². The van der Waals surface area contributed by atoms with Crippen LogP contribution >= 0.6 is 0 Å². The van der Waals surface area contributed by atoms with Gasteiger partial charge in [0.25, 0.3) is 5.91 Å². The number of rotatable bonds is 7. The molecule has 2 aromatic rings. The lowest BCUT2D eigenvalue weighted by molar-refractivity contribution is -0.134. The molecule has 25 heavy (non-hydrogen) atoms. The molecule has 0 aliphatic carbocycles. The lowest BCUT2D eigenvalue weighted by atomic mass is 10.1. The fourth-order valence-electron chi connectivity index (χ4n) is 2.09. The summed E-state index contributed by atoms with van der Waals surface area (Å²) in [6, 6.07) is 11.5. The number of carbonyl (C=O) groups is 1. The Morgan fingerprint density at radius 2 is 1.76 bits per heavy atom. The van der Waals surface area contributed by atoms with Crippen molar-refractivity contribution >= 4 is 5.91 Å². The first kappa shape index (κ1) is 18.6. The van der Waals surface area contributed by atoms with Gasteiger partial charge in [0.1, 0.15) is 17.3 Å². The van der Waals surface area contributed by atoms with Crippen LogP contribution in [-0.2, 0) is 11.3 Å². The van der Waals surface area contributed by atoms with Crippen LogP contribution in [0.15, 0.2) is 48.5 Å². The van der Waals surface area contributed by atoms with E-state index >= 15 is 0 Å². The number of halogens is 3. The van der Waals surface area contributed by atoms with E-state index in [9.17, 15) is 18.0 Å². The summed E-state index contributed by atoms with van der Waals surface area (Å²) in [7, 11) is 0. The molecule has 7 heteroatoms. The average molecular weight is 353 g/mol. The van der Waals surface area contributed by atoms with Gasteiger partial charge < -0.3 is 14.8 Å². The maximum absolute atomic E-state index is 12.9. The fourth-order valence-corrected chi connectivity index (χ4v) is 2.09. The second kappa shape index (κ2) is 7.92. The van der Waals surface area contributed by atoms with E-state index in [0.29, 0.717) is 11.3 Å². The number of ether oxygens (including phenoxy) is 2. The van der Waals surface area contributed by atoms with Crippen LogP contribution in [0.25, 0.3) is 0 Å². The van der Waals surface area contributed by atoms with Gasteiger partial charge in [0.2, 0.25) is 0 Å². The van der Waals surface area contributed by atoms with Gasteiger partial charge in [0.05, 0.1) is 0 Å². The van der Waals surface area contributed by atoms with Crippen LogP contribution in [0.3, 0.4) is 0 Å². The predicted octanol–water partition coefficient (Wildman–Crippen LogP) is 3.90. The first-order chi connectivity index (χ1) is 11.8. The summed E-state index contributed by atoms with van der Waals surface area (Å²) >= 11 is 0. The molecule has 0 atom stereocenters. The molecule has 0 saturated heterocycles. The van der Waals surface area contributed by atoms with E-state index in [2.05, 4.69) is 10.1 Å². The van der Waals surface area contributed by atoms with Crippen LogP contribution in [0.2, 0.25) is 0 Å². The molecule has 4 nitrogen and oxygen atoms in total. The largest absolute Gasteiger partial charge is 0.478 e. The molecule has 0 aromatic heterocycles. The fraction of sp³-hybridized carbons (Fsp3) is 0.278. The number of para-hydroxylation sites is 1. The third kappa shape index (κ3) is 5.41. The van der Waals surface area contributed by atoms with E-state index in [4.69, 9.17) is 4.74 Å². The third-order valence-corrected chi connectivity index (χ3v) is 3.36. The van der Waals surface area contributed by atoms with E-state index in [-0.39, 0.29) is 12.3 Å². The van der Waals surface area contributed by atoms with Crippen LogP contribution in [0.5, 0.6) is 11.5 Å². The van der Waals surface area contributed by atoms with Crippen LogP contribution < -0.4 is 14.8 Å². The highest BCUT2D eigenvalue weighted by molar-refractivity contribution is 5.84. The van der Waals surface area contributed by atoms with Crippen LogP contribution in [0.1, 0.15) is 19.4 Å². The van der Waals surface area contributed by atoms with Gasteiger partial charge >= 0.3 is 6.61 Å². The predicted molar refractivity (Wildman–Crippen MR) is 86.0 cm³/mol. The summed E-state index contributed by atoms with van der Waals surface area (Å²) in [5.41, 5.74) is -0.829. The Labute approximate surface area is 143 Å². The van der Waals surface area contributed by atoms with Crippen LogP contribution in [0.4, 0.5) is 13.2 Å². The number of nitrogens with one attached hydrogen (secondary N) is 1. The molecule has 0 saturated carbocycles. The zero-order chi connectivity index (χ0) is 18.4. The minimum Gasteiger partial charge on any atom is -0.478 e. The number of amides is 1. The Bertz CT molecular complexity index is 718. The lowest BCUT2D eigenvalue weighted by Gasteiger charge is -2.25. The Morgan fingerprint density at radius 1 is 1.12 bits per heavy atom. The second-order valence-corrected chi connectivity index (χ2v) is 5.74. The van der Waals surface area contributed by atoms with Crippen molar-refractivity contribution in [3.05, 3.63) is 59.9 Å². The van der Waals surface area contributed by atoms with Gasteiger partial charge in [0.15, 0.2) is 5.60 Å². The normalized spacial score (nSPS) is 11.3. The molecular weight excluding hydrogens is 335 g/mol. The van der Waals surface area contributed by atoms with E-state index in [1.54, 1.807) is 32.0 Å². The van der Waals surface area contributed by atoms with Crippen molar-refractivity contribution in [3.8, 4) is 11.5 Å². The maximum atomic E-state index is 12.9. The molecule has 0 heterocycles. The van der Waals surface area contributed by atoms with Gasteiger partial charge in [-0.2, -0.15) is 8.78 Å². The molecule has 2 aromatic carbocycles. The van der Waals surface area contributed by atoms with Gasteiger partial charge in [0, 0.05) is 12.1 Å². The quantitative estimate of drug-likeness (QED) is 0.821. The first-order valence-corrected chi connectivity index (χ1v) is 7.53. The zero-order valence-corrected chi connectivity index (χ0v) is 13.8. The molecule has 134 valence electrons. The zero-order valence-electron chi connectivity index (χ0n) is 13.8. The van der Waals surface area contributed by atoms with Gasteiger partial charge in [-0.1, -0.05) is 18.2 Å². The van der Waals surface area contributed by atoms with E-state index in [0.717, 1.165) is 0 Å². The van der Waals surface area contributed by atoms with Crippen LogP contribution in [0, 0.1) is 5.82 Å². The second-order valence-electron chi connectivity index (χ2n) is 5.74. The monoisotopic (exact) mass is 353 g/mol. The summed E-state index contributed by atoms with van der Waals surface area (Å²) in [6.07, 6.45) is 0. The smallest absolute Gasteiger partial charge is 0.387 e. The highest BCUT2D eigenvalue weighted by atomic mass is 19.3. The summed E-state index contributed by atoms with van der Waals surface area (Å²) in [4.78, 5) is 12.3. The molecule has 0 fully saturated rings. The minimum atomic E-state index is -2.95. The van der Waals surface area contributed by atoms with Crippen molar-refractivity contribution in [1.82, 2.24) is 5.32 Å². The number of alkyl halides is 2. The topological polar surface area (TPSA) is 47.6 Å². The maximum Gasteiger partial charge on any atom is 0.387 e. The molecule has 1 N–H and O–H groups in total. The van der Waals surface area contributed by atoms with Gasteiger partial charge in [-0.3, -0.25) is 4.79 Å². The molecule has 0 aliphatic rings. The van der Waals surface area contributed by atoms with Crippen molar-refractivity contribution in [2.75, 3.05) is 0 Å². The van der Waals surface area contributed by atoms with Crippen molar-refractivity contribution < 1.29 is 27.4 Å². The van der Waals surface area contributed by atoms with Crippen molar-refractivity contribution in [2.45, 2.75) is 32.6 Å². The average Bonchev–Trinajstić information content (AvgIpc) is 2.55. The summed E-state index contributed by atoms with van der Waals surface area (Å²) < 4.78 is 47.7. The van der Waals surface area contributed by atoms with Crippen molar-refractivity contribution in [1.29, 1.82) is 0 Å². The van der Waals surface area contributed by atoms with Crippen molar-refractivity contribution in [2.24, 2.45) is 0 Å². The number of hydrogen-bond donors (Lipinski definition) is 1. The Hall–Kier alpha value is -2.70. The van der Waals surface area contributed by atoms with Gasteiger partial charge in [-0.15, -0.1) is 0 Å². The number of carbonyl (C=O) groups excluding carboxylic acids is 1.